The van der Waals surface area contributed by atoms with Crippen LogP contribution < -0.4 is 0 Å². The molecule has 0 amide bonds. The molecule has 0 radical (unpaired) electrons. The van der Waals surface area contributed by atoms with E-state index < -0.39 is 0 Å². The zero-order chi connectivity index (χ0) is 7.98. The Hall–Kier alpha value is -0.110. The first-order valence-electron chi connectivity index (χ1n) is 3.59. The van der Waals surface area contributed by atoms with Gasteiger partial charge in [-0.25, -0.2) is 4.39 Å². The molecule has 0 rings (SSSR count). The lowest BCUT2D eigenvalue weighted by molar-refractivity contribution is 0.703. The van der Waals surface area contributed by atoms with Crippen molar-refractivity contribution in [2.45, 2.75) is 26.7 Å². The van der Waals surface area contributed by atoms with Crippen molar-refractivity contribution in [3.8, 4) is 0 Å². The van der Waals surface area contributed by atoms with Crippen LogP contribution in [-0.4, -0.2) is 11.1 Å². The molecule has 0 aliphatic heterocycles. The van der Waals surface area contributed by atoms with Gasteiger partial charge in [-0.2, -0.15) is 0 Å². The van der Waals surface area contributed by atoms with E-state index in [1.165, 1.54) is 0 Å². The van der Waals surface area contributed by atoms with Gasteiger partial charge in [-0.3, -0.25) is 0 Å². The Bertz CT molecular complexity index is 138. The molecule has 0 bridgehead atoms. The number of hydrogen-bond acceptors (Lipinski definition) is 0. The van der Waals surface area contributed by atoms with Crippen molar-refractivity contribution in [1.29, 1.82) is 0 Å². The molecule has 1 atom stereocenters. The Kier molecular flexibility index (Phi) is 5.60. The van der Waals surface area contributed by atoms with Gasteiger partial charge in [-0.05, 0) is 12.2 Å². The van der Waals surface area contributed by atoms with Gasteiger partial charge in [0, 0.05) is 0 Å². The van der Waals surface area contributed by atoms with E-state index in [1.807, 2.05) is 12.3 Å². The highest BCUT2D eigenvalue weighted by molar-refractivity contribution is 8.18. The first-order chi connectivity index (χ1) is 4.72. The molecule has 2 heteroatoms. The molecule has 0 saturated carbocycles. The van der Waals surface area contributed by atoms with Gasteiger partial charge in [0.05, 0.1) is 0 Å². The van der Waals surface area contributed by atoms with Crippen molar-refractivity contribution in [3.63, 3.8) is 0 Å². The molecule has 0 aliphatic rings. The highest BCUT2D eigenvalue weighted by Gasteiger charge is 1.93. The predicted octanol–water partition coefficient (Wildman–Crippen LogP) is 3.32. The minimum absolute atomic E-state index is 0.170. The van der Waals surface area contributed by atoms with E-state index in [0.717, 1.165) is 18.6 Å². The summed E-state index contributed by atoms with van der Waals surface area (Å²) in [7, 11) is -0.269. The SMILES string of the molecule is C=C(F)/S(=C\CCC)CC. The third-order valence-electron chi connectivity index (χ3n) is 1.20. The second-order valence-electron chi connectivity index (χ2n) is 2.03. The molecular weight excluding hydrogens is 147 g/mol. The van der Waals surface area contributed by atoms with Crippen molar-refractivity contribution in [2.24, 2.45) is 0 Å². The summed E-state index contributed by atoms with van der Waals surface area (Å²) in [6, 6.07) is 0. The fourth-order valence-corrected chi connectivity index (χ4v) is 1.88. The van der Waals surface area contributed by atoms with Crippen LogP contribution >= 0.6 is 10.5 Å². The molecule has 0 nitrogen and oxygen atoms in total. The maximum atomic E-state index is 12.5. The highest BCUT2D eigenvalue weighted by Crippen LogP contribution is 2.23. The number of halogens is 1. The summed E-state index contributed by atoms with van der Waals surface area (Å²) in [5, 5.41) is 1.86. The van der Waals surface area contributed by atoms with Crippen molar-refractivity contribution in [1.82, 2.24) is 0 Å². The second kappa shape index (κ2) is 5.66. The van der Waals surface area contributed by atoms with Crippen LogP contribution in [0.3, 0.4) is 0 Å². The maximum Gasteiger partial charge on any atom is 0.143 e. The zero-order valence-corrected chi connectivity index (χ0v) is 7.51. The van der Waals surface area contributed by atoms with Gasteiger partial charge in [0.25, 0.3) is 0 Å². The molecule has 0 saturated heterocycles. The minimum atomic E-state index is -0.269. The van der Waals surface area contributed by atoms with Crippen LogP contribution in [0.2, 0.25) is 0 Å². The molecule has 0 aromatic rings. The lowest BCUT2D eigenvalue weighted by Gasteiger charge is -2.00. The molecule has 0 fully saturated rings. The van der Waals surface area contributed by atoms with Crippen LogP contribution in [0.5, 0.6) is 0 Å². The van der Waals surface area contributed by atoms with Crippen molar-refractivity contribution in [2.75, 3.05) is 5.75 Å². The fraction of sp³-hybridized carbons (Fsp3) is 0.625. The predicted molar refractivity (Wildman–Crippen MR) is 49.4 cm³/mol. The van der Waals surface area contributed by atoms with Crippen LogP contribution in [0.25, 0.3) is 0 Å². The highest BCUT2D eigenvalue weighted by atomic mass is 32.2. The van der Waals surface area contributed by atoms with Gasteiger partial charge in [-0.15, -0.1) is 10.5 Å². The molecule has 0 spiro atoms. The second-order valence-corrected chi connectivity index (χ2v) is 4.24. The summed E-state index contributed by atoms with van der Waals surface area (Å²) >= 11 is 0. The molecule has 0 heterocycles. The first kappa shape index (κ1) is 9.89. The minimum Gasteiger partial charge on any atom is -0.201 e. The van der Waals surface area contributed by atoms with Crippen LogP contribution in [0, 0.1) is 0 Å². The maximum absolute atomic E-state index is 12.5. The van der Waals surface area contributed by atoms with Crippen LogP contribution in [0.1, 0.15) is 26.7 Å². The van der Waals surface area contributed by atoms with Gasteiger partial charge in [0.15, 0.2) is 0 Å². The summed E-state index contributed by atoms with van der Waals surface area (Å²) in [5.74, 6) is 0.856. The Labute approximate surface area is 65.1 Å². The lowest BCUT2D eigenvalue weighted by Crippen LogP contribution is -1.79. The Morgan fingerprint density at radius 2 is 2.20 bits per heavy atom. The Morgan fingerprint density at radius 3 is 2.50 bits per heavy atom. The van der Waals surface area contributed by atoms with Gasteiger partial charge in [0.1, 0.15) is 5.16 Å². The summed E-state index contributed by atoms with van der Waals surface area (Å²) < 4.78 is 12.5. The standard InChI is InChI=1S/C8H15FS/c1-4-6-7-10(5-2)8(3)9/h7H,3-6H2,1-2H3. The summed E-state index contributed by atoms with van der Waals surface area (Å²) in [6.07, 6.45) is 2.09. The van der Waals surface area contributed by atoms with Gasteiger partial charge in [-0.1, -0.05) is 32.2 Å². The zero-order valence-electron chi connectivity index (χ0n) is 6.69. The molecule has 0 N–H and O–H groups in total. The van der Waals surface area contributed by atoms with Crippen LogP contribution in [0.15, 0.2) is 11.7 Å². The van der Waals surface area contributed by atoms with E-state index in [4.69, 9.17) is 0 Å². The first-order valence-corrected chi connectivity index (χ1v) is 5.05. The number of rotatable bonds is 4. The smallest absolute Gasteiger partial charge is 0.143 e. The third kappa shape index (κ3) is 3.83. The Balaban J connectivity index is 3.91. The summed E-state index contributed by atoms with van der Waals surface area (Å²) in [6.45, 7) is 7.37. The Morgan fingerprint density at radius 1 is 1.60 bits per heavy atom. The normalized spacial score (nSPS) is 13.5. The van der Waals surface area contributed by atoms with Crippen molar-refractivity contribution >= 4 is 15.9 Å². The topological polar surface area (TPSA) is 0 Å². The lowest BCUT2D eigenvalue weighted by atomic mass is 10.4. The molecule has 0 aliphatic carbocycles. The summed E-state index contributed by atoms with van der Waals surface area (Å²) in [4.78, 5) is 0. The van der Waals surface area contributed by atoms with E-state index in [-0.39, 0.29) is 15.6 Å². The molecule has 1 unspecified atom stereocenters. The van der Waals surface area contributed by atoms with E-state index in [1.54, 1.807) is 0 Å². The van der Waals surface area contributed by atoms with Gasteiger partial charge >= 0.3 is 0 Å². The molecule has 0 aromatic heterocycles. The van der Waals surface area contributed by atoms with E-state index in [9.17, 15) is 4.39 Å². The average Bonchev–Trinajstić information content (AvgIpc) is 1.89. The fourth-order valence-electron chi connectivity index (χ4n) is 0.625. The average molecular weight is 162 g/mol. The van der Waals surface area contributed by atoms with E-state index in [2.05, 4.69) is 13.5 Å². The monoisotopic (exact) mass is 162 g/mol. The molecular formula is C8H15FS. The van der Waals surface area contributed by atoms with E-state index in [0.29, 0.717) is 0 Å². The molecule has 60 valence electrons. The molecule has 0 aromatic carbocycles. The number of hydrogen-bond donors (Lipinski definition) is 0. The number of unbranched alkanes of at least 4 members (excludes halogenated alkanes) is 1. The summed E-state index contributed by atoms with van der Waals surface area (Å²) in [5.41, 5.74) is 0. The largest absolute Gasteiger partial charge is 0.201 e. The van der Waals surface area contributed by atoms with Gasteiger partial charge in [0.2, 0.25) is 0 Å². The third-order valence-corrected chi connectivity index (χ3v) is 3.03. The quantitative estimate of drug-likeness (QED) is 0.556. The van der Waals surface area contributed by atoms with Crippen LogP contribution in [0.4, 0.5) is 4.39 Å². The van der Waals surface area contributed by atoms with E-state index >= 15 is 0 Å². The molecule has 10 heavy (non-hydrogen) atoms. The van der Waals surface area contributed by atoms with Gasteiger partial charge < -0.3 is 0 Å². The van der Waals surface area contributed by atoms with Crippen molar-refractivity contribution in [3.05, 3.63) is 11.7 Å². The van der Waals surface area contributed by atoms with Crippen molar-refractivity contribution < 1.29 is 4.39 Å². The van der Waals surface area contributed by atoms with Crippen LogP contribution in [-0.2, 0) is 0 Å².